The van der Waals surface area contributed by atoms with Crippen LogP contribution in [0.3, 0.4) is 0 Å². The number of hydrogen-bond donors (Lipinski definition) is 0. The quantitative estimate of drug-likeness (QED) is 0.698. The number of rotatable bonds is 2. The van der Waals surface area contributed by atoms with Crippen molar-refractivity contribution in [3.8, 4) is 0 Å². The highest BCUT2D eigenvalue weighted by Gasteiger charge is 2.44. The second-order valence-electron chi connectivity index (χ2n) is 4.15. The summed E-state index contributed by atoms with van der Waals surface area (Å²) in [5, 5.41) is 0. The first kappa shape index (κ1) is 11.8. The molecule has 2 rings (SSSR count). The van der Waals surface area contributed by atoms with Gasteiger partial charge in [-0.25, -0.2) is 0 Å². The molecule has 0 saturated carbocycles. The highest BCUT2D eigenvalue weighted by atomic mass is 19.3. The maximum absolute atomic E-state index is 14.2. The normalized spacial score (nSPS) is 17.6. The number of halogens is 2. The van der Waals surface area contributed by atoms with E-state index < -0.39 is 5.92 Å². The average molecular weight is 232 g/mol. The molecule has 0 aliphatic heterocycles. The van der Waals surface area contributed by atoms with Crippen molar-refractivity contribution in [2.24, 2.45) is 0 Å². The van der Waals surface area contributed by atoms with E-state index in [2.05, 4.69) is 6.58 Å². The lowest BCUT2D eigenvalue weighted by Crippen LogP contribution is -2.12. The molecular formula is C15H14F2. The largest absolute Gasteiger partial charge is 0.299 e. The molecule has 0 fully saturated rings. The van der Waals surface area contributed by atoms with Gasteiger partial charge in [0.1, 0.15) is 0 Å². The second-order valence-corrected chi connectivity index (χ2v) is 4.15. The van der Waals surface area contributed by atoms with Crippen LogP contribution in [0.4, 0.5) is 8.78 Å². The lowest BCUT2D eigenvalue weighted by molar-refractivity contribution is 0.0459. The minimum Gasteiger partial charge on any atom is -0.196 e. The third kappa shape index (κ3) is 1.64. The van der Waals surface area contributed by atoms with Crippen molar-refractivity contribution in [3.05, 3.63) is 65.3 Å². The van der Waals surface area contributed by atoms with Gasteiger partial charge in [0.25, 0.3) is 5.92 Å². The van der Waals surface area contributed by atoms with Gasteiger partial charge in [0.15, 0.2) is 0 Å². The van der Waals surface area contributed by atoms with Crippen molar-refractivity contribution >= 4 is 5.57 Å². The van der Waals surface area contributed by atoms with E-state index in [0.29, 0.717) is 11.1 Å². The minimum absolute atomic E-state index is 0.0376. The number of hydrogen-bond acceptors (Lipinski definition) is 0. The molecule has 1 aromatic rings. The molecule has 0 radical (unpaired) electrons. The second kappa shape index (κ2) is 3.95. The first-order chi connectivity index (χ1) is 8.02. The summed E-state index contributed by atoms with van der Waals surface area (Å²) in [6.45, 7) is 7.19. The standard InChI is InChI=1S/C15H14F2/c1-4-6-13-11(5-2)12-8-7-10(3)9-14(12)15(13,16)17/h4-9H,2H2,1,3H3/b6-4-. The molecule has 0 aromatic heterocycles. The third-order valence-electron chi connectivity index (χ3n) is 2.97. The lowest BCUT2D eigenvalue weighted by Gasteiger charge is -2.13. The van der Waals surface area contributed by atoms with E-state index >= 15 is 0 Å². The van der Waals surface area contributed by atoms with Crippen LogP contribution < -0.4 is 0 Å². The fourth-order valence-electron chi connectivity index (χ4n) is 2.19. The van der Waals surface area contributed by atoms with Gasteiger partial charge >= 0.3 is 0 Å². The van der Waals surface area contributed by atoms with Gasteiger partial charge in [0, 0.05) is 11.1 Å². The van der Waals surface area contributed by atoms with Crippen molar-refractivity contribution in [1.82, 2.24) is 0 Å². The Kier molecular flexibility index (Phi) is 2.74. The zero-order valence-electron chi connectivity index (χ0n) is 9.93. The van der Waals surface area contributed by atoms with E-state index in [4.69, 9.17) is 0 Å². The molecule has 88 valence electrons. The monoisotopic (exact) mass is 232 g/mol. The Morgan fingerprint density at radius 3 is 2.59 bits per heavy atom. The zero-order chi connectivity index (χ0) is 12.6. The topological polar surface area (TPSA) is 0 Å². The molecule has 0 spiro atoms. The molecular weight excluding hydrogens is 218 g/mol. The fourth-order valence-corrected chi connectivity index (χ4v) is 2.19. The molecule has 0 unspecified atom stereocenters. The Balaban J connectivity index is 2.75. The summed E-state index contributed by atoms with van der Waals surface area (Å²) in [7, 11) is 0. The van der Waals surface area contributed by atoms with Crippen LogP contribution in [0.2, 0.25) is 0 Å². The number of allylic oxidation sites excluding steroid dienone is 5. The molecule has 0 heterocycles. The molecule has 1 aromatic carbocycles. The van der Waals surface area contributed by atoms with Gasteiger partial charge < -0.3 is 0 Å². The summed E-state index contributed by atoms with van der Waals surface area (Å²) >= 11 is 0. The van der Waals surface area contributed by atoms with Crippen molar-refractivity contribution in [1.29, 1.82) is 0 Å². The summed E-state index contributed by atoms with van der Waals surface area (Å²) in [5.74, 6) is -2.92. The Morgan fingerprint density at radius 2 is 2.00 bits per heavy atom. The van der Waals surface area contributed by atoms with Gasteiger partial charge in [0.05, 0.1) is 0 Å². The zero-order valence-corrected chi connectivity index (χ0v) is 9.93. The summed E-state index contributed by atoms with van der Waals surface area (Å²) < 4.78 is 28.5. The van der Waals surface area contributed by atoms with E-state index in [-0.39, 0.29) is 11.1 Å². The molecule has 0 nitrogen and oxygen atoms in total. The van der Waals surface area contributed by atoms with E-state index in [1.807, 2.05) is 13.0 Å². The molecule has 2 heteroatoms. The number of alkyl halides is 2. The number of benzene rings is 1. The van der Waals surface area contributed by atoms with Crippen molar-refractivity contribution in [3.63, 3.8) is 0 Å². The van der Waals surface area contributed by atoms with Gasteiger partial charge in [-0.1, -0.05) is 42.5 Å². The summed E-state index contributed by atoms with van der Waals surface area (Å²) in [6, 6.07) is 5.14. The van der Waals surface area contributed by atoms with E-state index in [9.17, 15) is 8.78 Å². The predicted octanol–water partition coefficient (Wildman–Crippen LogP) is 4.62. The van der Waals surface area contributed by atoms with Crippen LogP contribution in [0.1, 0.15) is 23.6 Å². The summed E-state index contributed by atoms with van der Waals surface area (Å²) in [5.41, 5.74) is 2.08. The fraction of sp³-hybridized carbons (Fsp3) is 0.200. The van der Waals surface area contributed by atoms with Gasteiger partial charge in [-0.3, -0.25) is 0 Å². The predicted molar refractivity (Wildman–Crippen MR) is 67.0 cm³/mol. The maximum atomic E-state index is 14.2. The molecule has 0 N–H and O–H groups in total. The maximum Gasteiger partial charge on any atom is 0.299 e. The van der Waals surface area contributed by atoms with Crippen LogP contribution in [0.5, 0.6) is 0 Å². The Hall–Kier alpha value is -1.70. The average Bonchev–Trinajstić information content (AvgIpc) is 2.49. The lowest BCUT2D eigenvalue weighted by atomic mass is 10.0. The van der Waals surface area contributed by atoms with Crippen LogP contribution in [-0.2, 0) is 5.92 Å². The van der Waals surface area contributed by atoms with E-state index in [0.717, 1.165) is 5.56 Å². The van der Waals surface area contributed by atoms with Crippen LogP contribution in [0.15, 0.2) is 48.6 Å². The SMILES string of the molecule is C=CC1=C(/C=C\C)C(F)(F)c2cc(C)ccc21. The number of fused-ring (bicyclic) bond motifs is 1. The van der Waals surface area contributed by atoms with Crippen LogP contribution in [0.25, 0.3) is 5.57 Å². The molecule has 0 saturated heterocycles. The highest BCUT2D eigenvalue weighted by molar-refractivity contribution is 5.86. The first-order valence-electron chi connectivity index (χ1n) is 5.51. The number of aryl methyl sites for hydroxylation is 1. The van der Waals surface area contributed by atoms with Crippen LogP contribution in [-0.4, -0.2) is 0 Å². The van der Waals surface area contributed by atoms with E-state index in [1.54, 1.807) is 25.1 Å². The Morgan fingerprint density at radius 1 is 1.29 bits per heavy atom. The van der Waals surface area contributed by atoms with Crippen LogP contribution >= 0.6 is 0 Å². The van der Waals surface area contributed by atoms with Gasteiger partial charge in [-0.05, 0) is 31.1 Å². The molecule has 0 bridgehead atoms. The molecule has 17 heavy (non-hydrogen) atoms. The molecule has 0 atom stereocenters. The van der Waals surface area contributed by atoms with Gasteiger partial charge in [-0.2, -0.15) is 8.78 Å². The smallest absolute Gasteiger partial charge is 0.196 e. The van der Waals surface area contributed by atoms with E-state index in [1.165, 1.54) is 12.2 Å². The van der Waals surface area contributed by atoms with Gasteiger partial charge in [0.2, 0.25) is 0 Å². The summed E-state index contributed by atoms with van der Waals surface area (Å²) in [4.78, 5) is 0. The third-order valence-corrected chi connectivity index (χ3v) is 2.97. The van der Waals surface area contributed by atoms with Crippen molar-refractivity contribution < 1.29 is 8.78 Å². The molecule has 1 aliphatic carbocycles. The Bertz CT molecular complexity index is 534. The Labute approximate surface area is 100.0 Å². The minimum atomic E-state index is -2.92. The van der Waals surface area contributed by atoms with Gasteiger partial charge in [-0.15, -0.1) is 0 Å². The first-order valence-corrected chi connectivity index (χ1v) is 5.51. The summed E-state index contributed by atoms with van der Waals surface area (Å²) in [6.07, 6.45) is 4.60. The molecule has 0 amide bonds. The van der Waals surface area contributed by atoms with Crippen molar-refractivity contribution in [2.75, 3.05) is 0 Å². The highest BCUT2D eigenvalue weighted by Crippen LogP contribution is 2.49. The van der Waals surface area contributed by atoms with Crippen LogP contribution in [0, 0.1) is 6.92 Å². The molecule has 1 aliphatic rings. The van der Waals surface area contributed by atoms with Crippen molar-refractivity contribution in [2.45, 2.75) is 19.8 Å².